The van der Waals surface area contributed by atoms with Gasteiger partial charge in [-0.2, -0.15) is 0 Å². The zero-order valence-electron chi connectivity index (χ0n) is 10.6. The third kappa shape index (κ3) is 3.99. The number of halogens is 1. The van der Waals surface area contributed by atoms with Gasteiger partial charge in [0.1, 0.15) is 5.75 Å². The van der Waals surface area contributed by atoms with Crippen molar-refractivity contribution in [2.75, 3.05) is 13.2 Å². The SMILES string of the molecule is OCC(CCOc1cccc(Br)c1)C1CCCC1. The Morgan fingerprint density at radius 2 is 2.11 bits per heavy atom. The Hall–Kier alpha value is -0.540. The van der Waals surface area contributed by atoms with E-state index in [4.69, 9.17) is 4.74 Å². The van der Waals surface area contributed by atoms with E-state index in [0.717, 1.165) is 16.6 Å². The van der Waals surface area contributed by atoms with Gasteiger partial charge in [-0.15, -0.1) is 0 Å². The van der Waals surface area contributed by atoms with E-state index in [2.05, 4.69) is 15.9 Å². The van der Waals surface area contributed by atoms with Gasteiger partial charge in [-0.3, -0.25) is 0 Å². The minimum Gasteiger partial charge on any atom is -0.494 e. The molecule has 1 saturated carbocycles. The van der Waals surface area contributed by atoms with Crippen LogP contribution in [-0.4, -0.2) is 18.3 Å². The van der Waals surface area contributed by atoms with Gasteiger partial charge in [0.2, 0.25) is 0 Å². The largest absolute Gasteiger partial charge is 0.494 e. The summed E-state index contributed by atoms with van der Waals surface area (Å²) in [6.45, 7) is 0.991. The molecule has 1 fully saturated rings. The highest BCUT2D eigenvalue weighted by Gasteiger charge is 2.24. The molecule has 1 aliphatic rings. The Labute approximate surface area is 117 Å². The van der Waals surface area contributed by atoms with Crippen LogP contribution >= 0.6 is 15.9 Å². The van der Waals surface area contributed by atoms with Gasteiger partial charge in [-0.1, -0.05) is 47.7 Å². The quantitative estimate of drug-likeness (QED) is 0.859. The van der Waals surface area contributed by atoms with Crippen molar-refractivity contribution in [3.05, 3.63) is 28.7 Å². The van der Waals surface area contributed by atoms with Gasteiger partial charge in [0.25, 0.3) is 0 Å². The van der Waals surface area contributed by atoms with Crippen molar-refractivity contribution in [1.82, 2.24) is 0 Å². The number of hydrogen-bond acceptors (Lipinski definition) is 2. The van der Waals surface area contributed by atoms with Crippen LogP contribution in [0.2, 0.25) is 0 Å². The first-order valence-electron chi connectivity index (χ1n) is 6.79. The summed E-state index contributed by atoms with van der Waals surface area (Å²) in [5, 5.41) is 9.46. The van der Waals surface area contributed by atoms with Crippen LogP contribution in [0.5, 0.6) is 5.75 Å². The summed E-state index contributed by atoms with van der Waals surface area (Å²) in [6.07, 6.45) is 6.17. The van der Waals surface area contributed by atoms with E-state index in [0.29, 0.717) is 25.0 Å². The third-order valence-electron chi connectivity index (χ3n) is 3.85. The number of rotatable bonds is 6. The fourth-order valence-corrected chi connectivity index (χ4v) is 3.17. The molecule has 1 aromatic carbocycles. The first-order chi connectivity index (χ1) is 8.79. The molecule has 0 radical (unpaired) electrons. The lowest BCUT2D eigenvalue weighted by Crippen LogP contribution is -2.19. The number of aliphatic hydroxyl groups excluding tert-OH is 1. The molecule has 18 heavy (non-hydrogen) atoms. The highest BCUT2D eigenvalue weighted by atomic mass is 79.9. The Morgan fingerprint density at radius 1 is 1.33 bits per heavy atom. The van der Waals surface area contributed by atoms with Crippen LogP contribution in [-0.2, 0) is 0 Å². The molecule has 0 amide bonds. The monoisotopic (exact) mass is 312 g/mol. The Morgan fingerprint density at radius 3 is 2.78 bits per heavy atom. The number of benzene rings is 1. The van der Waals surface area contributed by atoms with Crippen LogP contribution in [0.4, 0.5) is 0 Å². The van der Waals surface area contributed by atoms with Gasteiger partial charge in [0.15, 0.2) is 0 Å². The van der Waals surface area contributed by atoms with Crippen molar-refractivity contribution in [1.29, 1.82) is 0 Å². The molecule has 0 aromatic heterocycles. The topological polar surface area (TPSA) is 29.5 Å². The molecule has 0 spiro atoms. The van der Waals surface area contributed by atoms with Crippen LogP contribution in [0.3, 0.4) is 0 Å². The predicted octanol–water partition coefficient (Wildman–Crippen LogP) is 4.02. The van der Waals surface area contributed by atoms with E-state index >= 15 is 0 Å². The van der Waals surface area contributed by atoms with Gasteiger partial charge in [0, 0.05) is 11.1 Å². The van der Waals surface area contributed by atoms with Crippen molar-refractivity contribution in [2.24, 2.45) is 11.8 Å². The van der Waals surface area contributed by atoms with Gasteiger partial charge in [0.05, 0.1) is 6.61 Å². The fraction of sp³-hybridized carbons (Fsp3) is 0.600. The maximum atomic E-state index is 9.46. The molecule has 100 valence electrons. The first-order valence-corrected chi connectivity index (χ1v) is 7.58. The van der Waals surface area contributed by atoms with E-state index in [1.165, 1.54) is 25.7 Å². The number of ether oxygens (including phenoxy) is 1. The molecule has 1 aromatic rings. The van der Waals surface area contributed by atoms with Crippen molar-refractivity contribution < 1.29 is 9.84 Å². The Kier molecular flexibility index (Phi) is 5.51. The zero-order chi connectivity index (χ0) is 12.8. The van der Waals surface area contributed by atoms with E-state index in [9.17, 15) is 5.11 Å². The molecule has 2 nitrogen and oxygen atoms in total. The molecule has 0 aliphatic heterocycles. The molecule has 0 bridgehead atoms. The molecule has 1 aliphatic carbocycles. The van der Waals surface area contributed by atoms with E-state index in [1.54, 1.807) is 0 Å². The van der Waals surface area contributed by atoms with Crippen LogP contribution in [0.25, 0.3) is 0 Å². The predicted molar refractivity (Wildman–Crippen MR) is 76.8 cm³/mol. The molecular formula is C15H21BrO2. The Balaban J connectivity index is 1.76. The van der Waals surface area contributed by atoms with Gasteiger partial charge in [-0.25, -0.2) is 0 Å². The lowest BCUT2D eigenvalue weighted by molar-refractivity contribution is 0.146. The van der Waals surface area contributed by atoms with Crippen LogP contribution in [0.1, 0.15) is 32.1 Å². The fourth-order valence-electron chi connectivity index (χ4n) is 2.79. The van der Waals surface area contributed by atoms with Gasteiger partial charge >= 0.3 is 0 Å². The second-order valence-electron chi connectivity index (χ2n) is 5.08. The van der Waals surface area contributed by atoms with Crippen molar-refractivity contribution >= 4 is 15.9 Å². The lowest BCUT2D eigenvalue weighted by atomic mass is 9.89. The third-order valence-corrected chi connectivity index (χ3v) is 4.35. The smallest absolute Gasteiger partial charge is 0.120 e. The van der Waals surface area contributed by atoms with Crippen LogP contribution < -0.4 is 4.74 Å². The minimum absolute atomic E-state index is 0.298. The normalized spacial score (nSPS) is 17.9. The molecule has 0 saturated heterocycles. The van der Waals surface area contributed by atoms with E-state index in [1.807, 2.05) is 24.3 Å². The molecule has 1 unspecified atom stereocenters. The van der Waals surface area contributed by atoms with Crippen molar-refractivity contribution in [3.8, 4) is 5.75 Å². The standard InChI is InChI=1S/C15H21BrO2/c16-14-6-3-7-15(10-14)18-9-8-13(11-17)12-4-1-2-5-12/h3,6-7,10,12-13,17H,1-2,4-5,8-9,11H2. The lowest BCUT2D eigenvalue weighted by Gasteiger charge is -2.21. The second kappa shape index (κ2) is 7.15. The van der Waals surface area contributed by atoms with Gasteiger partial charge in [-0.05, 0) is 36.5 Å². The highest BCUT2D eigenvalue weighted by Crippen LogP contribution is 2.33. The molecule has 1 atom stereocenters. The second-order valence-corrected chi connectivity index (χ2v) is 6.00. The average Bonchev–Trinajstić information content (AvgIpc) is 2.88. The van der Waals surface area contributed by atoms with Crippen molar-refractivity contribution in [2.45, 2.75) is 32.1 Å². The molecular weight excluding hydrogens is 292 g/mol. The Bertz CT molecular complexity index is 361. The maximum absolute atomic E-state index is 9.46. The summed E-state index contributed by atoms with van der Waals surface area (Å²) in [5.74, 6) is 2.02. The summed E-state index contributed by atoms with van der Waals surface area (Å²) in [6, 6.07) is 7.90. The summed E-state index contributed by atoms with van der Waals surface area (Å²) < 4.78 is 6.77. The van der Waals surface area contributed by atoms with E-state index < -0.39 is 0 Å². The highest BCUT2D eigenvalue weighted by molar-refractivity contribution is 9.10. The summed E-state index contributed by atoms with van der Waals surface area (Å²) in [7, 11) is 0. The molecule has 3 heteroatoms. The van der Waals surface area contributed by atoms with Crippen LogP contribution in [0, 0.1) is 11.8 Å². The summed E-state index contributed by atoms with van der Waals surface area (Å²) in [4.78, 5) is 0. The number of aliphatic hydroxyl groups is 1. The van der Waals surface area contributed by atoms with Crippen LogP contribution in [0.15, 0.2) is 28.7 Å². The van der Waals surface area contributed by atoms with Crippen molar-refractivity contribution in [3.63, 3.8) is 0 Å². The zero-order valence-corrected chi connectivity index (χ0v) is 12.2. The summed E-state index contributed by atoms with van der Waals surface area (Å²) >= 11 is 3.43. The number of hydrogen-bond donors (Lipinski definition) is 1. The molecule has 2 rings (SSSR count). The molecule has 0 heterocycles. The average molecular weight is 313 g/mol. The summed E-state index contributed by atoms with van der Waals surface area (Å²) in [5.41, 5.74) is 0. The molecule has 1 N–H and O–H groups in total. The first kappa shape index (κ1) is 13.9. The minimum atomic E-state index is 0.298. The maximum Gasteiger partial charge on any atom is 0.120 e. The van der Waals surface area contributed by atoms with Gasteiger partial charge < -0.3 is 9.84 Å². The van der Waals surface area contributed by atoms with E-state index in [-0.39, 0.29) is 0 Å².